The number of H-pyrrole nitrogens is 1. The first-order valence-electron chi connectivity index (χ1n) is 5.71. The fraction of sp³-hybridized carbons (Fsp3) is 0.364. The summed E-state index contributed by atoms with van der Waals surface area (Å²) in [5, 5.41) is 6.95. The van der Waals surface area contributed by atoms with Crippen LogP contribution in [0.5, 0.6) is 0 Å². The van der Waals surface area contributed by atoms with Gasteiger partial charge in [0.05, 0.1) is 17.9 Å². The second-order valence-corrected chi connectivity index (χ2v) is 3.90. The van der Waals surface area contributed by atoms with Crippen molar-refractivity contribution in [1.29, 1.82) is 0 Å². The summed E-state index contributed by atoms with van der Waals surface area (Å²) in [6.07, 6.45) is 4.04. The van der Waals surface area contributed by atoms with Gasteiger partial charge in [-0.15, -0.1) is 0 Å². The average molecular weight is 248 g/mol. The molecule has 0 aliphatic rings. The fourth-order valence-corrected chi connectivity index (χ4v) is 1.77. The Morgan fingerprint density at radius 2 is 2.39 bits per heavy atom. The third-order valence-electron chi connectivity index (χ3n) is 2.68. The minimum Gasteiger partial charge on any atom is -0.395 e. The van der Waals surface area contributed by atoms with Gasteiger partial charge in [0.1, 0.15) is 11.5 Å². The van der Waals surface area contributed by atoms with Crippen molar-refractivity contribution in [2.75, 3.05) is 5.73 Å². The van der Waals surface area contributed by atoms with Crippen LogP contribution >= 0.6 is 0 Å². The molecule has 0 unspecified atom stereocenters. The van der Waals surface area contributed by atoms with Crippen LogP contribution in [0.2, 0.25) is 0 Å². The van der Waals surface area contributed by atoms with Gasteiger partial charge in [0.15, 0.2) is 0 Å². The number of amides is 1. The highest BCUT2D eigenvalue weighted by atomic mass is 16.2. The zero-order chi connectivity index (χ0) is 13.1. The topological polar surface area (TPSA) is 102 Å². The number of nitrogens with one attached hydrogen (secondary N) is 2. The van der Waals surface area contributed by atoms with Crippen LogP contribution < -0.4 is 11.1 Å². The monoisotopic (exact) mass is 248 g/mol. The molecule has 96 valence electrons. The Kier molecular flexibility index (Phi) is 3.31. The van der Waals surface area contributed by atoms with E-state index in [0.29, 0.717) is 30.2 Å². The molecule has 2 aromatic rings. The van der Waals surface area contributed by atoms with E-state index in [0.717, 1.165) is 5.69 Å². The van der Waals surface area contributed by atoms with E-state index in [1.54, 1.807) is 19.4 Å². The van der Waals surface area contributed by atoms with Gasteiger partial charge in [-0.25, -0.2) is 4.98 Å². The number of hydrogen-bond donors (Lipinski definition) is 3. The number of carbonyl (C=O) groups excluding carboxylic acids is 1. The van der Waals surface area contributed by atoms with Gasteiger partial charge in [0, 0.05) is 19.4 Å². The summed E-state index contributed by atoms with van der Waals surface area (Å²) in [4.78, 5) is 19.0. The van der Waals surface area contributed by atoms with Crippen molar-refractivity contribution in [1.82, 2.24) is 25.1 Å². The number of nitrogens with two attached hydrogens (primary N) is 1. The van der Waals surface area contributed by atoms with E-state index < -0.39 is 0 Å². The molecule has 0 radical (unpaired) electrons. The number of imidazole rings is 1. The van der Waals surface area contributed by atoms with Crippen LogP contribution in [0.1, 0.15) is 28.9 Å². The molecule has 0 atom stereocenters. The third kappa shape index (κ3) is 2.20. The normalized spacial score (nSPS) is 10.6. The maximum absolute atomic E-state index is 12.0. The number of carbonyl (C=O) groups is 1. The smallest absolute Gasteiger partial charge is 0.272 e. The van der Waals surface area contributed by atoms with Gasteiger partial charge in [-0.1, -0.05) is 6.92 Å². The summed E-state index contributed by atoms with van der Waals surface area (Å²) in [7, 11) is 1.71. The Morgan fingerprint density at radius 1 is 1.61 bits per heavy atom. The Hall–Kier alpha value is -2.31. The molecule has 0 aliphatic carbocycles. The molecule has 7 nitrogen and oxygen atoms in total. The Bertz CT molecular complexity index is 542. The minimum absolute atomic E-state index is 0.251. The maximum Gasteiger partial charge on any atom is 0.272 e. The number of aromatic nitrogens is 4. The highest BCUT2D eigenvalue weighted by Crippen LogP contribution is 2.16. The quantitative estimate of drug-likeness (QED) is 0.720. The summed E-state index contributed by atoms with van der Waals surface area (Å²) >= 11 is 0. The Labute approximate surface area is 104 Å². The zero-order valence-electron chi connectivity index (χ0n) is 10.4. The second kappa shape index (κ2) is 4.91. The zero-order valence-corrected chi connectivity index (χ0v) is 10.4. The highest BCUT2D eigenvalue weighted by molar-refractivity contribution is 5.97. The van der Waals surface area contributed by atoms with Crippen LogP contribution in [0.4, 0.5) is 5.69 Å². The van der Waals surface area contributed by atoms with Crippen LogP contribution in [0.15, 0.2) is 12.4 Å². The summed E-state index contributed by atoms with van der Waals surface area (Å²) in [6.45, 7) is 2.28. The standard InChI is InChI=1S/C11H16N6O/c1-3-7-9(12)10(17(2)16-7)11(18)15-6-8-13-4-5-14-8/h4-5H,3,6,12H2,1-2H3,(H,13,14)(H,15,18). The van der Waals surface area contributed by atoms with Gasteiger partial charge in [-0.05, 0) is 6.42 Å². The van der Waals surface area contributed by atoms with Crippen LogP contribution in [-0.4, -0.2) is 25.7 Å². The van der Waals surface area contributed by atoms with E-state index >= 15 is 0 Å². The first-order valence-corrected chi connectivity index (χ1v) is 5.71. The van der Waals surface area contributed by atoms with Gasteiger partial charge in [-0.3, -0.25) is 9.48 Å². The molecule has 0 aliphatic heterocycles. The van der Waals surface area contributed by atoms with Gasteiger partial charge in [0.25, 0.3) is 5.91 Å². The van der Waals surface area contributed by atoms with Crippen molar-refractivity contribution in [3.8, 4) is 0 Å². The average Bonchev–Trinajstić information content (AvgIpc) is 2.94. The predicted octanol–water partition coefficient (Wildman–Crippen LogP) is 0.218. The number of aromatic amines is 1. The number of nitrogens with zero attached hydrogens (tertiary/aromatic N) is 3. The van der Waals surface area contributed by atoms with Crippen molar-refractivity contribution in [2.45, 2.75) is 19.9 Å². The van der Waals surface area contributed by atoms with Crippen LogP contribution in [0, 0.1) is 0 Å². The molecule has 2 heterocycles. The SMILES string of the molecule is CCc1nn(C)c(C(=O)NCc2ncc[nH]2)c1N. The van der Waals surface area contributed by atoms with Crippen molar-refractivity contribution in [3.63, 3.8) is 0 Å². The van der Waals surface area contributed by atoms with Crippen LogP contribution in [0.3, 0.4) is 0 Å². The molecule has 0 aromatic carbocycles. The van der Waals surface area contributed by atoms with Crippen molar-refractivity contribution >= 4 is 11.6 Å². The molecule has 4 N–H and O–H groups in total. The van der Waals surface area contributed by atoms with Gasteiger partial charge in [-0.2, -0.15) is 5.10 Å². The Morgan fingerprint density at radius 3 is 2.94 bits per heavy atom. The van der Waals surface area contributed by atoms with Crippen LogP contribution in [0.25, 0.3) is 0 Å². The lowest BCUT2D eigenvalue weighted by Gasteiger charge is -2.04. The van der Waals surface area contributed by atoms with Crippen LogP contribution in [-0.2, 0) is 20.0 Å². The fourth-order valence-electron chi connectivity index (χ4n) is 1.77. The number of rotatable bonds is 4. The van der Waals surface area contributed by atoms with E-state index in [-0.39, 0.29) is 5.91 Å². The summed E-state index contributed by atoms with van der Waals surface area (Å²) < 4.78 is 1.51. The summed E-state index contributed by atoms with van der Waals surface area (Å²) in [5.74, 6) is 0.443. The first-order chi connectivity index (χ1) is 8.63. The highest BCUT2D eigenvalue weighted by Gasteiger charge is 2.18. The minimum atomic E-state index is -0.251. The van der Waals surface area contributed by atoms with E-state index in [9.17, 15) is 4.79 Å². The van der Waals surface area contributed by atoms with Gasteiger partial charge >= 0.3 is 0 Å². The molecule has 1 amide bonds. The lowest BCUT2D eigenvalue weighted by Crippen LogP contribution is -2.26. The number of aryl methyl sites for hydroxylation is 2. The van der Waals surface area contributed by atoms with E-state index in [1.807, 2.05) is 6.92 Å². The first kappa shape index (κ1) is 12.2. The van der Waals surface area contributed by atoms with Crippen molar-refractivity contribution < 1.29 is 4.79 Å². The third-order valence-corrected chi connectivity index (χ3v) is 2.68. The van der Waals surface area contributed by atoms with Gasteiger partial charge in [0.2, 0.25) is 0 Å². The Balaban J connectivity index is 2.11. The largest absolute Gasteiger partial charge is 0.395 e. The summed E-state index contributed by atoms with van der Waals surface area (Å²) in [5.41, 5.74) is 7.46. The molecule has 2 aromatic heterocycles. The molecule has 0 saturated carbocycles. The molecule has 0 saturated heterocycles. The lowest BCUT2D eigenvalue weighted by molar-refractivity contribution is 0.0941. The lowest BCUT2D eigenvalue weighted by atomic mass is 10.2. The molecular weight excluding hydrogens is 232 g/mol. The second-order valence-electron chi connectivity index (χ2n) is 3.90. The maximum atomic E-state index is 12.0. The van der Waals surface area contributed by atoms with E-state index in [1.165, 1.54) is 4.68 Å². The summed E-state index contributed by atoms with van der Waals surface area (Å²) in [6, 6.07) is 0. The van der Waals surface area contributed by atoms with E-state index in [4.69, 9.17) is 5.73 Å². The molecule has 0 spiro atoms. The molecular formula is C11H16N6O. The predicted molar refractivity (Wildman–Crippen MR) is 66.8 cm³/mol. The van der Waals surface area contributed by atoms with E-state index in [2.05, 4.69) is 20.4 Å². The number of anilines is 1. The van der Waals surface area contributed by atoms with Crippen molar-refractivity contribution in [2.24, 2.45) is 7.05 Å². The molecule has 0 bridgehead atoms. The van der Waals surface area contributed by atoms with Gasteiger partial charge < -0.3 is 16.0 Å². The molecule has 0 fully saturated rings. The molecule has 18 heavy (non-hydrogen) atoms. The number of hydrogen-bond acceptors (Lipinski definition) is 4. The molecule has 7 heteroatoms. The van der Waals surface area contributed by atoms with Crippen molar-refractivity contribution in [3.05, 3.63) is 29.6 Å². The molecule has 2 rings (SSSR count). The number of nitrogen functional groups attached to an aromatic ring is 1.